The topological polar surface area (TPSA) is 18.5 Å². The van der Waals surface area contributed by atoms with Crippen LogP contribution in [0.1, 0.15) is 118 Å². The molecule has 0 radical (unpaired) electrons. The van der Waals surface area contributed by atoms with Crippen LogP contribution < -0.4 is 0 Å². The maximum Gasteiger partial charge on any atom is 0.337 e. The molecule has 2 nitrogen and oxygen atoms in total. The zero-order valence-electron chi connectivity index (χ0n) is 18.9. The smallest absolute Gasteiger partial charge is 0.337 e. The first-order chi connectivity index (χ1) is 12.7. The summed E-state index contributed by atoms with van der Waals surface area (Å²) in [7, 11) is -1.94. The average molecular weight is 387 g/mol. The number of rotatable bonds is 20. The molecule has 0 N–H and O–H groups in total. The highest BCUT2D eigenvalue weighted by atomic mass is 28.4. The van der Waals surface area contributed by atoms with Crippen LogP contribution in [0.2, 0.25) is 12.1 Å². The molecular weight excluding hydrogens is 336 g/mol. The Morgan fingerprint density at radius 3 is 1.46 bits per heavy atom. The average Bonchev–Trinajstić information content (AvgIpc) is 2.68. The molecule has 0 aromatic heterocycles. The minimum absolute atomic E-state index is 0.700. The van der Waals surface area contributed by atoms with Crippen molar-refractivity contribution >= 4 is 8.56 Å². The lowest BCUT2D eigenvalue weighted by molar-refractivity contribution is 0.140. The van der Waals surface area contributed by atoms with Crippen LogP contribution in [-0.4, -0.2) is 21.8 Å². The number of unbranched alkanes of at least 4 members (excludes halogenated alkanes) is 10. The van der Waals surface area contributed by atoms with E-state index in [1.807, 2.05) is 0 Å². The Morgan fingerprint density at radius 2 is 1.04 bits per heavy atom. The standard InChI is InChI=1S/C23H50O2Si/c1-6-11-12-13-14-15-16-17-18-19-20-21-24-26(9-4,10-5)25-22-23(7-2)8-3/h23H,6-22H2,1-5H3. The molecule has 0 aliphatic heterocycles. The minimum Gasteiger partial charge on any atom is -0.394 e. The molecule has 0 unspecified atom stereocenters. The van der Waals surface area contributed by atoms with E-state index >= 15 is 0 Å². The van der Waals surface area contributed by atoms with Crippen LogP contribution in [-0.2, 0) is 8.85 Å². The van der Waals surface area contributed by atoms with Gasteiger partial charge in [0.05, 0.1) is 0 Å². The Hall–Kier alpha value is 0.137. The molecule has 0 aliphatic rings. The van der Waals surface area contributed by atoms with Crippen molar-refractivity contribution in [1.29, 1.82) is 0 Å². The second kappa shape index (κ2) is 18.5. The fraction of sp³-hybridized carbons (Fsp3) is 1.00. The van der Waals surface area contributed by atoms with Crippen LogP contribution in [0, 0.1) is 5.92 Å². The Bertz CT molecular complexity index is 275. The van der Waals surface area contributed by atoms with Crippen LogP contribution in [0.5, 0.6) is 0 Å². The van der Waals surface area contributed by atoms with E-state index in [4.69, 9.17) is 8.85 Å². The summed E-state index contributed by atoms with van der Waals surface area (Å²) >= 11 is 0. The SMILES string of the molecule is CCCCCCCCCCCCCO[Si](CC)(CC)OCC(CC)CC. The summed E-state index contributed by atoms with van der Waals surface area (Å²) in [6.45, 7) is 13.1. The maximum absolute atomic E-state index is 6.39. The molecule has 0 spiro atoms. The molecule has 0 aromatic rings. The first-order valence-corrected chi connectivity index (χ1v) is 14.2. The second-order valence-corrected chi connectivity index (χ2v) is 11.8. The van der Waals surface area contributed by atoms with Gasteiger partial charge >= 0.3 is 8.56 Å². The summed E-state index contributed by atoms with van der Waals surface area (Å²) in [5.74, 6) is 0.700. The van der Waals surface area contributed by atoms with Crippen molar-refractivity contribution in [3.05, 3.63) is 0 Å². The van der Waals surface area contributed by atoms with Gasteiger partial charge in [0.15, 0.2) is 0 Å². The number of hydrogen-bond acceptors (Lipinski definition) is 2. The lowest BCUT2D eigenvalue weighted by Crippen LogP contribution is -2.42. The normalized spacial score (nSPS) is 12.2. The van der Waals surface area contributed by atoms with Crippen LogP contribution in [0.25, 0.3) is 0 Å². The van der Waals surface area contributed by atoms with Crippen LogP contribution in [0.3, 0.4) is 0 Å². The van der Waals surface area contributed by atoms with Crippen molar-refractivity contribution in [2.75, 3.05) is 13.2 Å². The molecule has 0 bridgehead atoms. The van der Waals surface area contributed by atoms with Crippen molar-refractivity contribution in [1.82, 2.24) is 0 Å². The third-order valence-corrected chi connectivity index (χ3v) is 9.50. The molecule has 0 saturated heterocycles. The molecular formula is C23H50O2Si. The highest BCUT2D eigenvalue weighted by Crippen LogP contribution is 2.22. The van der Waals surface area contributed by atoms with Crippen molar-refractivity contribution in [2.45, 2.75) is 130 Å². The highest BCUT2D eigenvalue weighted by molar-refractivity contribution is 6.67. The van der Waals surface area contributed by atoms with E-state index in [1.165, 1.54) is 83.5 Å². The first-order valence-electron chi connectivity index (χ1n) is 12.0. The van der Waals surface area contributed by atoms with Crippen molar-refractivity contribution in [3.63, 3.8) is 0 Å². The van der Waals surface area contributed by atoms with Gasteiger partial charge in [-0.15, -0.1) is 0 Å². The molecule has 0 amide bonds. The molecule has 0 heterocycles. The highest BCUT2D eigenvalue weighted by Gasteiger charge is 2.33. The van der Waals surface area contributed by atoms with Crippen molar-refractivity contribution in [2.24, 2.45) is 5.92 Å². The van der Waals surface area contributed by atoms with E-state index in [1.54, 1.807) is 0 Å². The quantitative estimate of drug-likeness (QED) is 0.155. The van der Waals surface area contributed by atoms with Gasteiger partial charge in [-0.25, -0.2) is 0 Å². The second-order valence-electron chi connectivity index (χ2n) is 8.00. The summed E-state index contributed by atoms with van der Waals surface area (Å²) < 4.78 is 12.8. The Balaban J connectivity index is 3.70. The number of hydrogen-bond donors (Lipinski definition) is 0. The third kappa shape index (κ3) is 13.3. The van der Waals surface area contributed by atoms with Gasteiger partial charge < -0.3 is 8.85 Å². The monoisotopic (exact) mass is 386 g/mol. The molecule has 0 atom stereocenters. The molecule has 0 aromatic carbocycles. The predicted molar refractivity (Wildman–Crippen MR) is 119 cm³/mol. The van der Waals surface area contributed by atoms with E-state index in [9.17, 15) is 0 Å². The molecule has 26 heavy (non-hydrogen) atoms. The zero-order chi connectivity index (χ0) is 19.5. The van der Waals surface area contributed by atoms with E-state index < -0.39 is 8.56 Å². The van der Waals surface area contributed by atoms with Crippen molar-refractivity contribution < 1.29 is 8.85 Å². The fourth-order valence-electron chi connectivity index (χ4n) is 3.52. The summed E-state index contributed by atoms with van der Waals surface area (Å²) in [6, 6.07) is 2.17. The van der Waals surface area contributed by atoms with Gasteiger partial charge in [-0.05, 0) is 24.4 Å². The van der Waals surface area contributed by atoms with Crippen LogP contribution in [0.15, 0.2) is 0 Å². The van der Waals surface area contributed by atoms with E-state index in [2.05, 4.69) is 34.6 Å². The Labute approximate surface area is 167 Å². The Kier molecular flexibility index (Phi) is 18.6. The van der Waals surface area contributed by atoms with Crippen LogP contribution >= 0.6 is 0 Å². The maximum atomic E-state index is 6.39. The largest absolute Gasteiger partial charge is 0.394 e. The van der Waals surface area contributed by atoms with E-state index in [0.717, 1.165) is 25.3 Å². The molecule has 0 aliphatic carbocycles. The van der Waals surface area contributed by atoms with Gasteiger partial charge in [0.2, 0.25) is 0 Å². The summed E-state index contributed by atoms with van der Waals surface area (Å²) in [4.78, 5) is 0. The zero-order valence-corrected chi connectivity index (χ0v) is 19.9. The van der Waals surface area contributed by atoms with Gasteiger partial charge in [-0.3, -0.25) is 0 Å². The van der Waals surface area contributed by atoms with E-state index in [0.29, 0.717) is 5.92 Å². The molecule has 0 rings (SSSR count). The first kappa shape index (κ1) is 26.1. The predicted octanol–water partition coefficient (Wildman–Crippen LogP) is 8.25. The van der Waals surface area contributed by atoms with Gasteiger partial charge in [-0.1, -0.05) is 112 Å². The molecule has 0 fully saturated rings. The molecule has 0 saturated carbocycles. The lowest BCUT2D eigenvalue weighted by atomic mass is 10.1. The summed E-state index contributed by atoms with van der Waals surface area (Å²) in [5.41, 5.74) is 0. The summed E-state index contributed by atoms with van der Waals surface area (Å²) in [5, 5.41) is 0. The van der Waals surface area contributed by atoms with Gasteiger partial charge in [0.25, 0.3) is 0 Å². The third-order valence-electron chi connectivity index (χ3n) is 5.93. The molecule has 3 heteroatoms. The van der Waals surface area contributed by atoms with Crippen LogP contribution in [0.4, 0.5) is 0 Å². The van der Waals surface area contributed by atoms with Gasteiger partial charge in [0.1, 0.15) is 0 Å². The van der Waals surface area contributed by atoms with Gasteiger partial charge in [0, 0.05) is 13.2 Å². The fourth-order valence-corrected chi connectivity index (χ4v) is 5.97. The summed E-state index contributed by atoms with van der Waals surface area (Å²) in [6.07, 6.45) is 17.7. The Morgan fingerprint density at radius 1 is 0.577 bits per heavy atom. The van der Waals surface area contributed by atoms with Gasteiger partial charge in [-0.2, -0.15) is 0 Å². The van der Waals surface area contributed by atoms with Crippen molar-refractivity contribution in [3.8, 4) is 0 Å². The minimum atomic E-state index is -1.94. The molecule has 158 valence electrons. The lowest BCUT2D eigenvalue weighted by Gasteiger charge is -2.30. The van der Waals surface area contributed by atoms with E-state index in [-0.39, 0.29) is 0 Å².